The molecule has 130 valence electrons. The summed E-state index contributed by atoms with van der Waals surface area (Å²) in [5.74, 6) is -1.02. The number of anilines is 1. The summed E-state index contributed by atoms with van der Waals surface area (Å²) in [6, 6.07) is 3.78. The van der Waals surface area contributed by atoms with Gasteiger partial charge in [0.1, 0.15) is 5.75 Å². The molecule has 0 radical (unpaired) electrons. The number of carbonyl (C=O) groups excluding carboxylic acids is 2. The Morgan fingerprint density at radius 1 is 1.46 bits per heavy atom. The third-order valence-electron chi connectivity index (χ3n) is 3.51. The lowest BCUT2D eigenvalue weighted by molar-refractivity contribution is -0.384. The van der Waals surface area contributed by atoms with Crippen molar-refractivity contribution in [2.24, 2.45) is 0 Å². The molecule has 24 heavy (non-hydrogen) atoms. The molecule has 1 aromatic carbocycles. The van der Waals surface area contributed by atoms with E-state index >= 15 is 0 Å². The van der Waals surface area contributed by atoms with E-state index in [1.807, 2.05) is 0 Å². The van der Waals surface area contributed by atoms with E-state index in [0.29, 0.717) is 13.0 Å². The summed E-state index contributed by atoms with van der Waals surface area (Å²) >= 11 is 0. The number of non-ortho nitro benzene ring substituents is 1. The fourth-order valence-electron chi connectivity index (χ4n) is 2.20. The molecule has 1 aliphatic heterocycles. The zero-order valence-electron chi connectivity index (χ0n) is 13.3. The molecule has 1 N–H and O–H groups in total. The van der Waals surface area contributed by atoms with Gasteiger partial charge >= 0.3 is 5.97 Å². The van der Waals surface area contributed by atoms with Gasteiger partial charge in [0.2, 0.25) is 0 Å². The molecule has 1 aliphatic rings. The van der Waals surface area contributed by atoms with Crippen LogP contribution in [0.1, 0.15) is 19.8 Å². The minimum atomic E-state index is -1.04. The highest BCUT2D eigenvalue weighted by Gasteiger charge is 2.28. The molecule has 2 atom stereocenters. The van der Waals surface area contributed by atoms with Crippen molar-refractivity contribution in [1.29, 1.82) is 0 Å². The number of rotatable bonds is 6. The van der Waals surface area contributed by atoms with Crippen LogP contribution >= 0.6 is 0 Å². The van der Waals surface area contributed by atoms with Crippen molar-refractivity contribution in [3.8, 4) is 5.75 Å². The normalized spacial score (nSPS) is 17.8. The molecule has 0 aliphatic carbocycles. The minimum absolute atomic E-state index is 0.134. The van der Waals surface area contributed by atoms with E-state index in [9.17, 15) is 19.7 Å². The van der Waals surface area contributed by atoms with E-state index in [4.69, 9.17) is 14.2 Å². The Balaban J connectivity index is 2.00. The number of hydrogen-bond acceptors (Lipinski definition) is 7. The fourth-order valence-corrected chi connectivity index (χ4v) is 2.20. The highest BCUT2D eigenvalue weighted by molar-refractivity contribution is 5.96. The number of carbonyl (C=O) groups is 2. The van der Waals surface area contributed by atoms with E-state index in [2.05, 4.69) is 5.32 Å². The topological polar surface area (TPSA) is 117 Å². The van der Waals surface area contributed by atoms with E-state index in [1.165, 1.54) is 32.2 Å². The van der Waals surface area contributed by atoms with Crippen molar-refractivity contribution < 1.29 is 28.7 Å². The number of esters is 1. The number of amides is 1. The predicted molar refractivity (Wildman–Crippen MR) is 82.8 cm³/mol. The maximum Gasteiger partial charge on any atom is 0.336 e. The Kier molecular flexibility index (Phi) is 5.69. The van der Waals surface area contributed by atoms with Gasteiger partial charge in [-0.2, -0.15) is 0 Å². The van der Waals surface area contributed by atoms with Crippen molar-refractivity contribution >= 4 is 23.3 Å². The number of ether oxygens (including phenoxy) is 3. The Bertz CT molecular complexity index is 641. The molecular formula is C15H18N2O7. The van der Waals surface area contributed by atoms with Crippen LogP contribution < -0.4 is 10.1 Å². The average Bonchev–Trinajstić information content (AvgIpc) is 3.09. The highest BCUT2D eigenvalue weighted by atomic mass is 16.6. The van der Waals surface area contributed by atoms with Gasteiger partial charge < -0.3 is 19.5 Å². The number of nitrogens with one attached hydrogen (secondary N) is 1. The van der Waals surface area contributed by atoms with Crippen LogP contribution in [0.15, 0.2) is 18.2 Å². The molecule has 1 amide bonds. The van der Waals surface area contributed by atoms with Gasteiger partial charge in [-0.15, -0.1) is 0 Å². The molecule has 1 aromatic rings. The molecule has 9 heteroatoms. The summed E-state index contributed by atoms with van der Waals surface area (Å²) in [5.41, 5.74) is 0.0795. The number of methoxy groups -OCH3 is 1. The van der Waals surface area contributed by atoms with Gasteiger partial charge in [-0.3, -0.25) is 14.9 Å². The first-order valence-corrected chi connectivity index (χ1v) is 7.37. The third kappa shape index (κ3) is 4.19. The smallest absolute Gasteiger partial charge is 0.336 e. The van der Waals surface area contributed by atoms with Crippen LogP contribution in [-0.2, 0) is 19.1 Å². The van der Waals surface area contributed by atoms with Crippen molar-refractivity contribution in [2.75, 3.05) is 19.0 Å². The van der Waals surface area contributed by atoms with Gasteiger partial charge in [-0.1, -0.05) is 0 Å². The number of benzene rings is 1. The molecular weight excluding hydrogens is 320 g/mol. The maximum absolute atomic E-state index is 12.1. The highest BCUT2D eigenvalue weighted by Crippen LogP contribution is 2.29. The summed E-state index contributed by atoms with van der Waals surface area (Å²) in [6.45, 7) is 1.93. The molecule has 0 spiro atoms. The van der Waals surface area contributed by atoms with Gasteiger partial charge in [-0.25, -0.2) is 4.79 Å². The number of nitro groups is 1. The van der Waals surface area contributed by atoms with Gasteiger partial charge in [0.25, 0.3) is 11.6 Å². The summed E-state index contributed by atoms with van der Waals surface area (Å²) in [5, 5.41) is 13.3. The van der Waals surface area contributed by atoms with Crippen LogP contribution in [0, 0.1) is 10.1 Å². The first-order chi connectivity index (χ1) is 11.4. The van der Waals surface area contributed by atoms with Crippen LogP contribution in [0.25, 0.3) is 0 Å². The van der Waals surface area contributed by atoms with E-state index in [1.54, 1.807) is 0 Å². The molecule has 0 aromatic heterocycles. The molecule has 2 rings (SSSR count). The zero-order chi connectivity index (χ0) is 17.7. The van der Waals surface area contributed by atoms with E-state index < -0.39 is 29.0 Å². The molecule has 1 saturated heterocycles. The largest absolute Gasteiger partial charge is 0.494 e. The lowest BCUT2D eigenvalue weighted by Gasteiger charge is -2.16. The molecule has 0 saturated carbocycles. The Morgan fingerprint density at radius 2 is 2.21 bits per heavy atom. The summed E-state index contributed by atoms with van der Waals surface area (Å²) < 4.78 is 15.3. The molecule has 0 bridgehead atoms. The van der Waals surface area contributed by atoms with Crippen LogP contribution in [0.5, 0.6) is 5.75 Å². The van der Waals surface area contributed by atoms with Gasteiger partial charge in [0.05, 0.1) is 23.8 Å². The van der Waals surface area contributed by atoms with E-state index in [0.717, 1.165) is 6.42 Å². The number of nitro benzene ring substituents is 1. The predicted octanol–water partition coefficient (Wildman–Crippen LogP) is 1.65. The van der Waals surface area contributed by atoms with Gasteiger partial charge in [-0.05, 0) is 25.8 Å². The Hall–Kier alpha value is -2.68. The first-order valence-electron chi connectivity index (χ1n) is 7.37. The van der Waals surface area contributed by atoms with Crippen LogP contribution in [0.2, 0.25) is 0 Å². The lowest BCUT2D eigenvalue weighted by Crippen LogP contribution is -2.34. The van der Waals surface area contributed by atoms with Gasteiger partial charge in [0.15, 0.2) is 12.2 Å². The van der Waals surface area contributed by atoms with Crippen LogP contribution in [0.4, 0.5) is 11.4 Å². The third-order valence-corrected chi connectivity index (χ3v) is 3.51. The Labute approximate surface area is 138 Å². The van der Waals surface area contributed by atoms with Crippen LogP contribution in [-0.4, -0.2) is 42.7 Å². The summed E-state index contributed by atoms with van der Waals surface area (Å²) in [6.07, 6.45) is -0.320. The van der Waals surface area contributed by atoms with Crippen molar-refractivity contribution in [1.82, 2.24) is 0 Å². The number of hydrogen-bond donors (Lipinski definition) is 1. The SMILES string of the molecule is COc1cc([N+](=O)[O-])ccc1NC(=O)[C@@H](C)OC(=O)[C@H]1CCCO1. The molecule has 1 fully saturated rings. The number of nitrogens with zero attached hydrogens (tertiary/aromatic N) is 1. The molecule has 9 nitrogen and oxygen atoms in total. The second-order valence-electron chi connectivity index (χ2n) is 5.21. The summed E-state index contributed by atoms with van der Waals surface area (Å²) in [4.78, 5) is 34.1. The second-order valence-corrected chi connectivity index (χ2v) is 5.21. The van der Waals surface area contributed by atoms with Crippen molar-refractivity contribution in [3.63, 3.8) is 0 Å². The quantitative estimate of drug-likeness (QED) is 0.476. The van der Waals surface area contributed by atoms with Crippen LogP contribution in [0.3, 0.4) is 0 Å². The average molecular weight is 338 g/mol. The second kappa shape index (κ2) is 7.73. The molecule has 0 unspecified atom stereocenters. The van der Waals surface area contributed by atoms with Gasteiger partial charge in [0, 0.05) is 12.7 Å². The molecule has 1 heterocycles. The van der Waals surface area contributed by atoms with E-state index in [-0.39, 0.29) is 17.1 Å². The zero-order valence-corrected chi connectivity index (χ0v) is 13.3. The summed E-state index contributed by atoms with van der Waals surface area (Å²) in [7, 11) is 1.33. The monoisotopic (exact) mass is 338 g/mol. The lowest BCUT2D eigenvalue weighted by atomic mass is 10.2. The van der Waals surface area contributed by atoms with Crippen molar-refractivity contribution in [2.45, 2.75) is 32.0 Å². The minimum Gasteiger partial charge on any atom is -0.494 e. The van der Waals surface area contributed by atoms with Crippen molar-refractivity contribution in [3.05, 3.63) is 28.3 Å². The first kappa shape index (κ1) is 17.7. The maximum atomic E-state index is 12.1. The Morgan fingerprint density at radius 3 is 2.79 bits per heavy atom. The standard InChI is InChI=1S/C15H18N2O7/c1-9(24-15(19)12-4-3-7-23-12)14(18)16-11-6-5-10(17(20)21)8-13(11)22-2/h5-6,8-9,12H,3-4,7H2,1-2H3,(H,16,18)/t9-,12-/m1/s1. The fraction of sp³-hybridized carbons (Fsp3) is 0.467.